The van der Waals surface area contributed by atoms with Crippen molar-refractivity contribution in [1.29, 1.82) is 0 Å². The summed E-state index contributed by atoms with van der Waals surface area (Å²) in [6.45, 7) is 0.939. The molecule has 0 saturated carbocycles. The molecular formula is C24H23N3O5. The van der Waals surface area contributed by atoms with Crippen LogP contribution in [0, 0.1) is 0 Å². The number of benzene rings is 2. The molecule has 1 fully saturated rings. The number of likely N-dealkylation sites (N-methyl/N-ethyl adjacent to an activating group) is 2. The highest BCUT2D eigenvalue weighted by atomic mass is 16.5. The molecule has 0 radical (unpaired) electrons. The maximum Gasteiger partial charge on any atom is 0.333 e. The van der Waals surface area contributed by atoms with E-state index in [9.17, 15) is 14.4 Å². The van der Waals surface area contributed by atoms with Crippen LogP contribution in [0.25, 0.3) is 17.0 Å². The van der Waals surface area contributed by atoms with E-state index in [0.29, 0.717) is 30.2 Å². The van der Waals surface area contributed by atoms with Crippen molar-refractivity contribution in [2.75, 3.05) is 27.8 Å². The second-order valence-electron chi connectivity index (χ2n) is 7.36. The summed E-state index contributed by atoms with van der Waals surface area (Å²) in [7, 11) is 4.32. The average Bonchev–Trinajstić information content (AvgIpc) is 3.17. The van der Waals surface area contributed by atoms with Crippen LogP contribution in [0.5, 0.6) is 11.5 Å². The van der Waals surface area contributed by atoms with Crippen molar-refractivity contribution in [1.82, 2.24) is 14.4 Å². The normalized spacial score (nSPS) is 14.3. The molecule has 164 valence electrons. The Morgan fingerprint density at radius 3 is 2.19 bits per heavy atom. The largest absolute Gasteiger partial charge is 0.493 e. The molecule has 4 amide bonds. The van der Waals surface area contributed by atoms with E-state index in [4.69, 9.17) is 9.47 Å². The lowest BCUT2D eigenvalue weighted by Gasteiger charge is -2.28. The minimum atomic E-state index is -0.645. The molecule has 1 aliphatic heterocycles. The van der Waals surface area contributed by atoms with Gasteiger partial charge in [-0.2, -0.15) is 0 Å². The molecule has 0 unspecified atom stereocenters. The Bertz CT molecular complexity index is 1220. The minimum Gasteiger partial charge on any atom is -0.493 e. The summed E-state index contributed by atoms with van der Waals surface area (Å²) in [5.41, 5.74) is 1.60. The number of rotatable bonds is 6. The molecule has 0 N–H and O–H groups in total. The summed E-state index contributed by atoms with van der Waals surface area (Å²) in [4.78, 5) is 39.0. The van der Waals surface area contributed by atoms with Crippen molar-refractivity contribution in [2.45, 2.75) is 6.54 Å². The van der Waals surface area contributed by atoms with Crippen LogP contribution in [0.15, 0.2) is 60.3 Å². The number of hydrogen-bond acceptors (Lipinski definition) is 5. The van der Waals surface area contributed by atoms with Crippen molar-refractivity contribution in [2.24, 2.45) is 0 Å². The zero-order valence-electron chi connectivity index (χ0n) is 18.1. The first-order valence-electron chi connectivity index (χ1n) is 10.1. The molecule has 0 bridgehead atoms. The average molecular weight is 433 g/mol. The molecule has 8 heteroatoms. The van der Waals surface area contributed by atoms with Gasteiger partial charge in [-0.25, -0.2) is 4.79 Å². The van der Waals surface area contributed by atoms with Gasteiger partial charge in [-0.3, -0.25) is 19.4 Å². The van der Waals surface area contributed by atoms with Crippen molar-refractivity contribution >= 4 is 34.8 Å². The van der Waals surface area contributed by atoms with Gasteiger partial charge in [0.2, 0.25) is 0 Å². The van der Waals surface area contributed by atoms with Crippen LogP contribution in [-0.2, 0) is 16.1 Å². The molecule has 0 atom stereocenters. The second kappa shape index (κ2) is 8.58. The number of aromatic nitrogens is 1. The fourth-order valence-electron chi connectivity index (χ4n) is 3.70. The first-order valence-corrected chi connectivity index (χ1v) is 10.1. The van der Waals surface area contributed by atoms with Crippen LogP contribution in [0.3, 0.4) is 0 Å². The van der Waals surface area contributed by atoms with Crippen molar-refractivity contribution < 1.29 is 23.9 Å². The predicted molar refractivity (Wildman–Crippen MR) is 119 cm³/mol. The van der Waals surface area contributed by atoms with Gasteiger partial charge >= 0.3 is 6.03 Å². The van der Waals surface area contributed by atoms with Crippen LogP contribution in [-0.4, -0.2) is 60.0 Å². The van der Waals surface area contributed by atoms with Crippen LogP contribution in [0.4, 0.5) is 4.79 Å². The number of fused-ring (bicyclic) bond motifs is 1. The zero-order valence-corrected chi connectivity index (χ0v) is 18.1. The van der Waals surface area contributed by atoms with E-state index in [0.717, 1.165) is 20.7 Å². The summed E-state index contributed by atoms with van der Waals surface area (Å²) >= 11 is 0. The molecule has 1 aromatic heterocycles. The molecule has 0 aliphatic carbocycles. The monoisotopic (exact) mass is 433 g/mol. The Labute approximate surface area is 185 Å². The fourth-order valence-corrected chi connectivity index (χ4v) is 3.70. The smallest absolute Gasteiger partial charge is 0.333 e. The van der Waals surface area contributed by atoms with Gasteiger partial charge in [0.25, 0.3) is 11.8 Å². The van der Waals surface area contributed by atoms with Gasteiger partial charge in [0.15, 0.2) is 11.5 Å². The van der Waals surface area contributed by atoms with E-state index < -0.39 is 17.8 Å². The number of ether oxygens (including phenoxy) is 2. The Kier molecular flexibility index (Phi) is 5.68. The van der Waals surface area contributed by atoms with Crippen molar-refractivity contribution in [3.8, 4) is 11.5 Å². The Morgan fingerprint density at radius 1 is 0.875 bits per heavy atom. The van der Waals surface area contributed by atoms with E-state index in [1.807, 2.05) is 59.3 Å². The van der Waals surface area contributed by atoms with Gasteiger partial charge in [0.1, 0.15) is 12.2 Å². The first kappa shape index (κ1) is 21.2. The highest BCUT2D eigenvalue weighted by molar-refractivity contribution is 6.31. The van der Waals surface area contributed by atoms with Gasteiger partial charge < -0.3 is 14.0 Å². The minimum absolute atomic E-state index is 0.0530. The number of para-hydroxylation sites is 3. The van der Waals surface area contributed by atoms with Crippen LogP contribution in [0.1, 0.15) is 5.56 Å². The van der Waals surface area contributed by atoms with E-state index >= 15 is 0 Å². The third-order valence-corrected chi connectivity index (χ3v) is 5.42. The summed E-state index contributed by atoms with van der Waals surface area (Å²) in [6, 6.07) is 14.5. The topological polar surface area (TPSA) is 81.1 Å². The lowest BCUT2D eigenvalue weighted by Crippen LogP contribution is -2.52. The van der Waals surface area contributed by atoms with Crippen LogP contribution in [0.2, 0.25) is 0 Å². The van der Waals surface area contributed by atoms with Gasteiger partial charge in [-0.1, -0.05) is 30.3 Å². The third-order valence-electron chi connectivity index (χ3n) is 5.42. The van der Waals surface area contributed by atoms with Crippen LogP contribution >= 0.6 is 0 Å². The molecule has 2 aromatic carbocycles. The maximum absolute atomic E-state index is 12.6. The lowest BCUT2D eigenvalue weighted by molar-refractivity contribution is -0.134. The molecule has 3 aromatic rings. The number of nitrogens with zero attached hydrogens (tertiary/aromatic N) is 3. The van der Waals surface area contributed by atoms with E-state index in [-0.39, 0.29) is 5.57 Å². The highest BCUT2D eigenvalue weighted by Gasteiger charge is 2.37. The highest BCUT2D eigenvalue weighted by Crippen LogP contribution is 2.28. The summed E-state index contributed by atoms with van der Waals surface area (Å²) in [5, 5.41) is 0.889. The number of urea groups is 1. The van der Waals surface area contributed by atoms with E-state index in [1.165, 1.54) is 14.1 Å². The molecule has 0 spiro atoms. The lowest BCUT2D eigenvalue weighted by atomic mass is 10.1. The predicted octanol–water partition coefficient (Wildman–Crippen LogP) is 3.16. The molecule has 2 heterocycles. The Balaban J connectivity index is 1.63. The van der Waals surface area contributed by atoms with Crippen LogP contribution < -0.4 is 9.47 Å². The van der Waals surface area contributed by atoms with Gasteiger partial charge in [0.05, 0.1) is 13.7 Å². The standard InChI is InChI=1S/C24H23N3O5/c1-25-22(28)18(23(29)26(2)24(25)30)14-16-15-27(19-9-5-4-8-17(16)19)12-13-32-21-11-7-6-10-20(21)31-3/h4-11,14-15H,12-13H2,1-3H3. The summed E-state index contributed by atoms with van der Waals surface area (Å²) < 4.78 is 13.2. The van der Waals surface area contributed by atoms with Gasteiger partial charge in [0, 0.05) is 36.8 Å². The number of imide groups is 2. The van der Waals surface area contributed by atoms with E-state index in [1.54, 1.807) is 13.2 Å². The van der Waals surface area contributed by atoms with E-state index in [2.05, 4.69) is 0 Å². The fraction of sp³-hybridized carbons (Fsp3) is 0.208. The first-order chi connectivity index (χ1) is 15.4. The maximum atomic E-state index is 12.6. The number of carbonyl (C=O) groups excluding carboxylic acids is 3. The number of carbonyl (C=O) groups is 3. The van der Waals surface area contributed by atoms with Crippen molar-refractivity contribution in [3.63, 3.8) is 0 Å². The van der Waals surface area contributed by atoms with Gasteiger partial charge in [-0.05, 0) is 24.3 Å². The molecule has 32 heavy (non-hydrogen) atoms. The van der Waals surface area contributed by atoms with Gasteiger partial charge in [-0.15, -0.1) is 0 Å². The number of amides is 4. The molecule has 8 nitrogen and oxygen atoms in total. The molecule has 1 aliphatic rings. The number of methoxy groups -OCH3 is 1. The molecule has 1 saturated heterocycles. The second-order valence-corrected chi connectivity index (χ2v) is 7.36. The summed E-state index contributed by atoms with van der Waals surface area (Å²) in [6.07, 6.45) is 3.42. The number of hydrogen-bond donors (Lipinski definition) is 0. The Morgan fingerprint density at radius 2 is 1.50 bits per heavy atom. The molecular weight excluding hydrogens is 410 g/mol. The third kappa shape index (κ3) is 3.71. The SMILES string of the molecule is COc1ccccc1OCCn1cc(C=C2C(=O)N(C)C(=O)N(C)C2=O)c2ccccc21. The summed E-state index contributed by atoms with van der Waals surface area (Å²) in [5.74, 6) is 0.0826. The zero-order chi connectivity index (χ0) is 22.8. The number of barbiturate groups is 1. The quantitative estimate of drug-likeness (QED) is 0.441. The van der Waals surface area contributed by atoms with Crippen molar-refractivity contribution in [3.05, 3.63) is 65.9 Å². The Hall–Kier alpha value is -4.07. The molecule has 4 rings (SSSR count).